The van der Waals surface area contributed by atoms with Crippen LogP contribution in [0.5, 0.6) is 0 Å². The number of nitrogens with one attached hydrogen (secondary N) is 2. The van der Waals surface area contributed by atoms with E-state index in [1.165, 1.54) is 18.7 Å². The highest BCUT2D eigenvalue weighted by Gasteiger charge is 2.53. The van der Waals surface area contributed by atoms with Crippen LogP contribution in [0.3, 0.4) is 0 Å². The highest BCUT2D eigenvalue weighted by molar-refractivity contribution is 5.93. The summed E-state index contributed by atoms with van der Waals surface area (Å²) in [7, 11) is 0. The highest BCUT2D eigenvalue weighted by atomic mass is 16.3. The number of rotatable bonds is 5. The van der Waals surface area contributed by atoms with Crippen LogP contribution in [-0.4, -0.2) is 45.1 Å². The van der Waals surface area contributed by atoms with Crippen molar-refractivity contribution in [1.29, 1.82) is 0 Å². The summed E-state index contributed by atoms with van der Waals surface area (Å²) in [6.45, 7) is 10.2. The van der Waals surface area contributed by atoms with Gasteiger partial charge in [-0.15, -0.1) is 0 Å². The molecule has 0 radical (unpaired) electrons. The largest absolute Gasteiger partial charge is 0.392 e. The van der Waals surface area contributed by atoms with Crippen molar-refractivity contribution in [3.05, 3.63) is 24.3 Å². The van der Waals surface area contributed by atoms with Crippen LogP contribution < -0.4 is 10.6 Å². The van der Waals surface area contributed by atoms with E-state index in [2.05, 4.69) is 34.4 Å². The van der Waals surface area contributed by atoms with Crippen molar-refractivity contribution in [2.45, 2.75) is 78.5 Å². The summed E-state index contributed by atoms with van der Waals surface area (Å²) in [6.07, 6.45) is 7.55. The molecular formula is C23H36N4O3. The number of hydrogen-bond acceptors (Lipinski definition) is 5. The Hall–Kier alpha value is -2.02. The third-order valence-corrected chi connectivity index (χ3v) is 7.51. The maximum atomic E-state index is 12.6. The third kappa shape index (κ3) is 4.51. The summed E-state index contributed by atoms with van der Waals surface area (Å²) in [6, 6.07) is 0.0603. The summed E-state index contributed by atoms with van der Waals surface area (Å²) >= 11 is 0. The maximum absolute atomic E-state index is 12.6. The lowest BCUT2D eigenvalue weighted by atomic mass is 9.51. The van der Waals surface area contributed by atoms with E-state index in [4.69, 9.17) is 0 Å². The van der Waals surface area contributed by atoms with Crippen LogP contribution in [0, 0.1) is 29.1 Å². The molecule has 30 heavy (non-hydrogen) atoms. The lowest BCUT2D eigenvalue weighted by Crippen LogP contribution is -2.58. The first-order valence-corrected chi connectivity index (χ1v) is 11.2. The van der Waals surface area contributed by atoms with Crippen molar-refractivity contribution in [2.24, 2.45) is 29.1 Å². The minimum atomic E-state index is -0.563. The molecule has 2 aliphatic carbocycles. The molecule has 0 spiro atoms. The van der Waals surface area contributed by atoms with Crippen LogP contribution >= 0.6 is 0 Å². The summed E-state index contributed by atoms with van der Waals surface area (Å²) in [5.74, 6) is -0.332. The molecular weight excluding hydrogens is 380 g/mol. The monoisotopic (exact) mass is 416 g/mol. The molecule has 0 unspecified atom stereocenters. The van der Waals surface area contributed by atoms with Gasteiger partial charge < -0.3 is 15.7 Å². The minimum Gasteiger partial charge on any atom is -0.392 e. The maximum Gasteiger partial charge on any atom is 0.254 e. The van der Waals surface area contributed by atoms with Crippen molar-refractivity contribution >= 4 is 11.8 Å². The van der Waals surface area contributed by atoms with Gasteiger partial charge >= 0.3 is 0 Å². The molecule has 2 fully saturated rings. The molecule has 3 N–H and O–H groups in total. The molecule has 7 heteroatoms. The lowest BCUT2D eigenvalue weighted by Gasteiger charge is -2.56. The van der Waals surface area contributed by atoms with Crippen LogP contribution in [0.25, 0.3) is 0 Å². The van der Waals surface area contributed by atoms with Crippen molar-refractivity contribution in [3.8, 4) is 0 Å². The zero-order valence-corrected chi connectivity index (χ0v) is 18.8. The van der Waals surface area contributed by atoms with E-state index in [0.717, 1.165) is 25.7 Å². The topological polar surface area (TPSA) is 104 Å². The predicted octanol–water partition coefficient (Wildman–Crippen LogP) is 2.56. The predicted molar refractivity (Wildman–Crippen MR) is 114 cm³/mol. The molecule has 3 rings (SSSR count). The molecule has 1 heterocycles. The second kappa shape index (κ2) is 9.00. The molecule has 1 aromatic heterocycles. The van der Waals surface area contributed by atoms with Gasteiger partial charge in [-0.3, -0.25) is 9.59 Å². The fourth-order valence-electron chi connectivity index (χ4n) is 5.78. The van der Waals surface area contributed by atoms with E-state index in [1.807, 2.05) is 20.8 Å². The molecule has 2 aliphatic rings. The number of carbonyl (C=O) groups is 2. The van der Waals surface area contributed by atoms with Gasteiger partial charge in [-0.1, -0.05) is 20.8 Å². The Kier molecular flexibility index (Phi) is 6.80. The Morgan fingerprint density at radius 1 is 1.17 bits per heavy atom. The van der Waals surface area contributed by atoms with E-state index >= 15 is 0 Å². The second-order valence-corrected chi connectivity index (χ2v) is 9.93. The summed E-state index contributed by atoms with van der Waals surface area (Å²) in [5, 5.41) is 17.5. The van der Waals surface area contributed by atoms with Crippen LogP contribution in [0.4, 0.5) is 0 Å². The van der Waals surface area contributed by atoms with Crippen LogP contribution in [0.15, 0.2) is 18.7 Å². The first-order valence-electron chi connectivity index (χ1n) is 11.2. The number of fused-ring (bicyclic) bond motifs is 1. The fraction of sp³-hybridized carbons (Fsp3) is 0.739. The van der Waals surface area contributed by atoms with Gasteiger partial charge in [0.05, 0.1) is 11.7 Å². The van der Waals surface area contributed by atoms with Crippen molar-refractivity contribution in [3.63, 3.8) is 0 Å². The van der Waals surface area contributed by atoms with Gasteiger partial charge in [-0.05, 0) is 62.7 Å². The lowest BCUT2D eigenvalue weighted by molar-refractivity contribution is -0.142. The van der Waals surface area contributed by atoms with Crippen molar-refractivity contribution < 1.29 is 14.7 Å². The fourth-order valence-corrected chi connectivity index (χ4v) is 5.78. The number of aliphatic hydroxyl groups excluding tert-OH is 1. The first kappa shape index (κ1) is 22.7. The quantitative estimate of drug-likeness (QED) is 0.684. The number of hydrogen-bond donors (Lipinski definition) is 3. The van der Waals surface area contributed by atoms with Crippen molar-refractivity contribution in [2.75, 3.05) is 0 Å². The molecule has 0 bridgehead atoms. The normalized spacial score (nSPS) is 34.7. The number of nitrogens with zero attached hydrogens (tertiary/aromatic N) is 2. The second-order valence-electron chi connectivity index (χ2n) is 9.93. The van der Waals surface area contributed by atoms with Crippen molar-refractivity contribution in [1.82, 2.24) is 20.6 Å². The Balaban J connectivity index is 1.74. The van der Waals surface area contributed by atoms with Gasteiger partial charge in [0, 0.05) is 30.4 Å². The Bertz CT molecular complexity index is 756. The highest BCUT2D eigenvalue weighted by Crippen LogP contribution is 2.55. The Labute approximate surface area is 179 Å². The first-order chi connectivity index (χ1) is 14.1. The SMILES string of the molecule is CC(C)NC(=O)[C@@H](C)[C@@H]1CC[C@]2(C)CC[C@H](NC(=O)c3cncnc3)[C@H](C)[C@@H]2[C@H]1O. The zero-order chi connectivity index (χ0) is 22.1. The third-order valence-electron chi connectivity index (χ3n) is 7.51. The Morgan fingerprint density at radius 3 is 2.43 bits per heavy atom. The molecule has 0 saturated heterocycles. The zero-order valence-electron chi connectivity index (χ0n) is 18.8. The molecule has 0 aliphatic heterocycles. The molecule has 166 valence electrons. The van der Waals surface area contributed by atoms with E-state index in [1.54, 1.807) is 0 Å². The summed E-state index contributed by atoms with van der Waals surface area (Å²) in [5.41, 5.74) is 0.472. The number of carbonyl (C=O) groups excluding carboxylic acids is 2. The van der Waals surface area contributed by atoms with E-state index in [0.29, 0.717) is 5.56 Å². The molecule has 0 aromatic carbocycles. The van der Waals surface area contributed by atoms with Gasteiger partial charge in [0.15, 0.2) is 0 Å². The molecule has 2 amide bonds. The molecule has 2 saturated carbocycles. The van der Waals surface area contributed by atoms with Gasteiger partial charge in [-0.2, -0.15) is 0 Å². The number of aromatic nitrogens is 2. The molecule has 7 atom stereocenters. The van der Waals surface area contributed by atoms with E-state index in [-0.39, 0.29) is 53.0 Å². The molecule has 7 nitrogen and oxygen atoms in total. The average molecular weight is 417 g/mol. The standard InChI is InChI=1S/C23H36N4O3/c1-13(2)26-21(29)14(3)17-6-8-23(5)9-7-18(15(4)19(23)20(17)28)27-22(30)16-10-24-12-25-11-16/h10-15,17-20,28H,6-9H2,1-5H3,(H,26,29)(H,27,30)/t14-,15-,17-,18-,19+,20-,23+/m0/s1. The molecule has 1 aromatic rings. The van der Waals surface area contributed by atoms with Gasteiger partial charge in [-0.25, -0.2) is 9.97 Å². The van der Waals surface area contributed by atoms with Gasteiger partial charge in [0.2, 0.25) is 5.91 Å². The van der Waals surface area contributed by atoms with E-state index < -0.39 is 6.10 Å². The minimum absolute atomic E-state index is 0.00930. The number of amides is 2. The number of aliphatic hydroxyl groups is 1. The van der Waals surface area contributed by atoms with Crippen LogP contribution in [-0.2, 0) is 4.79 Å². The van der Waals surface area contributed by atoms with Gasteiger partial charge in [0.25, 0.3) is 5.91 Å². The van der Waals surface area contributed by atoms with E-state index in [9.17, 15) is 14.7 Å². The Morgan fingerprint density at radius 2 is 1.80 bits per heavy atom. The smallest absolute Gasteiger partial charge is 0.254 e. The van der Waals surface area contributed by atoms with Gasteiger partial charge in [0.1, 0.15) is 6.33 Å². The summed E-state index contributed by atoms with van der Waals surface area (Å²) < 4.78 is 0. The van der Waals surface area contributed by atoms with Crippen LogP contribution in [0.2, 0.25) is 0 Å². The van der Waals surface area contributed by atoms with Crippen LogP contribution in [0.1, 0.15) is 70.7 Å². The summed E-state index contributed by atoms with van der Waals surface area (Å²) in [4.78, 5) is 33.1. The average Bonchev–Trinajstić information content (AvgIpc) is 2.70.